The van der Waals surface area contributed by atoms with Crippen molar-refractivity contribution in [3.63, 3.8) is 0 Å². The number of rotatable bonds is 1. The highest BCUT2D eigenvalue weighted by atomic mass is 19.1. The molecule has 1 aromatic carbocycles. The summed E-state index contributed by atoms with van der Waals surface area (Å²) in [6.45, 7) is 5.39. The largest absolute Gasteiger partial charge is 0.443 e. The fourth-order valence-electron chi connectivity index (χ4n) is 2.19. The van der Waals surface area contributed by atoms with Crippen molar-refractivity contribution >= 4 is 17.1 Å². The first-order chi connectivity index (χ1) is 10.8. The lowest BCUT2D eigenvalue weighted by molar-refractivity contribution is 0.0543. The van der Waals surface area contributed by atoms with Crippen LogP contribution in [0.1, 0.15) is 20.8 Å². The highest BCUT2D eigenvalue weighted by Crippen LogP contribution is 2.23. The van der Waals surface area contributed by atoms with Gasteiger partial charge in [-0.25, -0.2) is 19.3 Å². The predicted octanol–water partition coefficient (Wildman–Crippen LogP) is 4.02. The van der Waals surface area contributed by atoms with E-state index >= 15 is 0 Å². The molecule has 6 heteroatoms. The minimum atomic E-state index is -0.602. The van der Waals surface area contributed by atoms with Crippen LogP contribution < -0.4 is 0 Å². The molecule has 0 bridgehead atoms. The third kappa shape index (κ3) is 3.21. The quantitative estimate of drug-likeness (QED) is 0.637. The number of halogens is 1. The van der Waals surface area contributed by atoms with E-state index in [1.807, 2.05) is 0 Å². The summed E-state index contributed by atoms with van der Waals surface area (Å²) in [5, 5.41) is 0. The van der Waals surface area contributed by atoms with Gasteiger partial charge < -0.3 is 4.74 Å². The van der Waals surface area contributed by atoms with Crippen molar-refractivity contribution in [2.45, 2.75) is 26.4 Å². The van der Waals surface area contributed by atoms with Crippen LogP contribution in [-0.4, -0.2) is 26.2 Å². The fourth-order valence-corrected chi connectivity index (χ4v) is 2.19. The number of nitrogens with zero attached hydrogens (tertiary/aromatic N) is 3. The van der Waals surface area contributed by atoms with E-state index in [9.17, 15) is 9.18 Å². The molecular formula is C17H16FN3O2. The zero-order chi connectivity index (χ0) is 16.6. The molecule has 3 rings (SSSR count). The Morgan fingerprint density at radius 2 is 2.00 bits per heavy atom. The maximum Gasteiger partial charge on any atom is 0.420 e. The third-order valence-corrected chi connectivity index (χ3v) is 3.15. The van der Waals surface area contributed by atoms with Crippen LogP contribution in [0.2, 0.25) is 0 Å². The van der Waals surface area contributed by atoms with Crippen molar-refractivity contribution in [2.24, 2.45) is 0 Å². The second kappa shape index (κ2) is 5.46. The van der Waals surface area contributed by atoms with E-state index in [-0.39, 0.29) is 0 Å². The minimum Gasteiger partial charge on any atom is -0.443 e. The topological polar surface area (TPSA) is 57.0 Å². The van der Waals surface area contributed by atoms with Crippen molar-refractivity contribution in [3.8, 4) is 11.3 Å². The summed E-state index contributed by atoms with van der Waals surface area (Å²) in [5.41, 5.74) is 1.82. The van der Waals surface area contributed by atoms with E-state index in [0.29, 0.717) is 22.3 Å². The van der Waals surface area contributed by atoms with Gasteiger partial charge in [-0.2, -0.15) is 4.39 Å². The third-order valence-electron chi connectivity index (χ3n) is 3.15. The van der Waals surface area contributed by atoms with Gasteiger partial charge in [0.25, 0.3) is 0 Å². The number of hydrogen-bond acceptors (Lipinski definition) is 4. The first-order valence-electron chi connectivity index (χ1n) is 7.17. The smallest absolute Gasteiger partial charge is 0.420 e. The van der Waals surface area contributed by atoms with Gasteiger partial charge in [0.2, 0.25) is 5.95 Å². The number of fused-ring (bicyclic) bond motifs is 1. The van der Waals surface area contributed by atoms with Crippen LogP contribution >= 0.6 is 0 Å². The molecule has 0 saturated heterocycles. The average molecular weight is 313 g/mol. The van der Waals surface area contributed by atoms with E-state index in [1.54, 1.807) is 51.1 Å². The van der Waals surface area contributed by atoms with Crippen LogP contribution in [0.5, 0.6) is 0 Å². The Balaban J connectivity index is 2.05. The molecule has 0 aliphatic heterocycles. The summed E-state index contributed by atoms with van der Waals surface area (Å²) < 4.78 is 20.0. The van der Waals surface area contributed by atoms with E-state index < -0.39 is 17.6 Å². The van der Waals surface area contributed by atoms with Gasteiger partial charge in [0.05, 0.1) is 16.7 Å². The lowest BCUT2D eigenvalue weighted by atomic mass is 10.1. The summed E-state index contributed by atoms with van der Waals surface area (Å²) in [6, 6.07) is 9.88. The summed E-state index contributed by atoms with van der Waals surface area (Å²) in [7, 11) is 0. The number of hydrogen-bond donors (Lipinski definition) is 0. The number of ether oxygens (including phenoxy) is 1. The molecule has 0 N–H and O–H groups in total. The number of aromatic nitrogens is 3. The van der Waals surface area contributed by atoms with Gasteiger partial charge in [-0.1, -0.05) is 12.1 Å². The Bertz CT molecular complexity index is 881. The SMILES string of the molecule is CC(C)(C)OC(=O)n1cnc2ccc(-c3cccc(F)n3)cc21. The molecule has 0 fully saturated rings. The van der Waals surface area contributed by atoms with Crippen LogP contribution in [0.4, 0.5) is 9.18 Å². The monoisotopic (exact) mass is 313 g/mol. The summed E-state index contributed by atoms with van der Waals surface area (Å²) in [5.74, 6) is -0.553. The van der Waals surface area contributed by atoms with Gasteiger partial charge in [-0.3, -0.25) is 0 Å². The van der Waals surface area contributed by atoms with Crippen LogP contribution in [0.3, 0.4) is 0 Å². The van der Waals surface area contributed by atoms with Crippen molar-refractivity contribution in [1.82, 2.24) is 14.5 Å². The van der Waals surface area contributed by atoms with E-state index in [1.165, 1.54) is 17.0 Å². The molecule has 118 valence electrons. The summed E-state index contributed by atoms with van der Waals surface area (Å²) >= 11 is 0. The van der Waals surface area contributed by atoms with Crippen molar-refractivity contribution in [1.29, 1.82) is 0 Å². The molecule has 0 unspecified atom stereocenters. The molecule has 0 amide bonds. The first kappa shape index (κ1) is 15.1. The molecule has 0 spiro atoms. The Kier molecular flexibility index (Phi) is 3.60. The second-order valence-electron chi connectivity index (χ2n) is 6.14. The Hall–Kier alpha value is -2.76. The molecule has 0 aliphatic carbocycles. The maximum atomic E-state index is 13.3. The highest BCUT2D eigenvalue weighted by molar-refractivity contribution is 5.89. The van der Waals surface area contributed by atoms with Gasteiger partial charge in [-0.05, 0) is 45.0 Å². The molecule has 2 aromatic heterocycles. The average Bonchev–Trinajstić information content (AvgIpc) is 2.88. The molecule has 5 nitrogen and oxygen atoms in total. The Morgan fingerprint density at radius 3 is 2.70 bits per heavy atom. The number of benzene rings is 1. The zero-order valence-electron chi connectivity index (χ0n) is 13.1. The van der Waals surface area contributed by atoms with Gasteiger partial charge in [0.1, 0.15) is 11.9 Å². The summed E-state index contributed by atoms with van der Waals surface area (Å²) in [4.78, 5) is 20.3. The molecule has 0 saturated carbocycles. The first-order valence-corrected chi connectivity index (χ1v) is 7.17. The minimum absolute atomic E-state index is 0.490. The van der Waals surface area contributed by atoms with E-state index in [2.05, 4.69) is 9.97 Å². The van der Waals surface area contributed by atoms with Gasteiger partial charge >= 0.3 is 6.09 Å². The molecule has 23 heavy (non-hydrogen) atoms. The molecule has 0 radical (unpaired) electrons. The Morgan fingerprint density at radius 1 is 1.22 bits per heavy atom. The molecule has 3 aromatic rings. The number of imidazole rings is 1. The lowest BCUT2D eigenvalue weighted by Gasteiger charge is -2.19. The Labute approximate surface area is 132 Å². The predicted molar refractivity (Wildman–Crippen MR) is 84.6 cm³/mol. The molecular weight excluding hydrogens is 297 g/mol. The molecule has 0 aliphatic rings. The van der Waals surface area contributed by atoms with Crippen LogP contribution in [-0.2, 0) is 4.74 Å². The van der Waals surface area contributed by atoms with Crippen molar-refractivity contribution in [2.75, 3.05) is 0 Å². The molecule has 0 atom stereocenters. The fraction of sp³-hybridized carbons (Fsp3) is 0.235. The van der Waals surface area contributed by atoms with Crippen LogP contribution in [0, 0.1) is 5.95 Å². The van der Waals surface area contributed by atoms with Crippen LogP contribution in [0.25, 0.3) is 22.3 Å². The second-order valence-corrected chi connectivity index (χ2v) is 6.14. The van der Waals surface area contributed by atoms with Crippen LogP contribution in [0.15, 0.2) is 42.7 Å². The number of carbonyl (C=O) groups excluding carboxylic acids is 1. The van der Waals surface area contributed by atoms with Gasteiger partial charge in [0, 0.05) is 5.56 Å². The summed E-state index contributed by atoms with van der Waals surface area (Å²) in [6.07, 6.45) is 0.908. The zero-order valence-corrected chi connectivity index (χ0v) is 13.1. The van der Waals surface area contributed by atoms with Gasteiger partial charge in [-0.15, -0.1) is 0 Å². The van der Waals surface area contributed by atoms with Crippen molar-refractivity contribution in [3.05, 3.63) is 48.7 Å². The molecule has 2 heterocycles. The number of pyridine rings is 1. The lowest BCUT2D eigenvalue weighted by Crippen LogP contribution is -2.26. The maximum absolute atomic E-state index is 13.3. The number of carbonyl (C=O) groups is 1. The van der Waals surface area contributed by atoms with Gasteiger partial charge in [0.15, 0.2) is 0 Å². The van der Waals surface area contributed by atoms with E-state index in [4.69, 9.17) is 4.74 Å². The van der Waals surface area contributed by atoms with E-state index in [0.717, 1.165) is 0 Å². The van der Waals surface area contributed by atoms with Crippen molar-refractivity contribution < 1.29 is 13.9 Å². The highest BCUT2D eigenvalue weighted by Gasteiger charge is 2.19. The normalized spacial score (nSPS) is 11.7. The standard InChI is InChI=1S/C17H16FN3O2/c1-17(2,3)23-16(22)21-10-19-13-8-7-11(9-14(13)21)12-5-4-6-15(18)20-12/h4-10H,1-3H3.